The van der Waals surface area contributed by atoms with Crippen molar-refractivity contribution < 1.29 is 24.3 Å². The van der Waals surface area contributed by atoms with Crippen LogP contribution in [0, 0.1) is 5.41 Å². The first kappa shape index (κ1) is 22.6. The Bertz CT molecular complexity index is 936. The third kappa shape index (κ3) is 4.33. The van der Waals surface area contributed by atoms with Crippen molar-refractivity contribution in [3.63, 3.8) is 0 Å². The van der Waals surface area contributed by atoms with Gasteiger partial charge in [-0.05, 0) is 13.0 Å². The molecule has 162 valence electrons. The van der Waals surface area contributed by atoms with E-state index in [2.05, 4.69) is 19.8 Å². The van der Waals surface area contributed by atoms with E-state index in [4.69, 9.17) is 33.8 Å². The number of carboxylic acid groups (broad SMARTS) is 1. The number of carbonyl (C=O) groups is 3. The van der Waals surface area contributed by atoms with Gasteiger partial charge in [-0.3, -0.25) is 14.4 Å². The molecule has 3 rings (SSSR count). The first-order chi connectivity index (χ1) is 14.2. The standard InChI is InChI=1S/C15H16Cl2N6O5S2/c1-2-28-21-7(9-20-14(18)30-22-9)10(24)19-8-11(25)23-4-15(13(26)27,3-6(16)17)5-29-12(8)23/h3,8,12H,2,4-5H2,1H3,(H,19,24)(H,26,27)(H2,18,20,22)/t8?,12-,15?/m1/s1. The number of nitrogen functional groups attached to an aromatic ring is 1. The summed E-state index contributed by atoms with van der Waals surface area (Å²) in [6, 6.07) is -0.868. The second kappa shape index (κ2) is 8.96. The Balaban J connectivity index is 1.74. The van der Waals surface area contributed by atoms with Crippen LogP contribution in [0.15, 0.2) is 15.7 Å². The lowest BCUT2D eigenvalue weighted by Crippen LogP contribution is -2.73. The van der Waals surface area contributed by atoms with Gasteiger partial charge in [0.05, 0.1) is 0 Å². The number of aromatic nitrogens is 2. The number of carbonyl (C=O) groups excluding carboxylic acids is 2. The highest BCUT2D eigenvalue weighted by Crippen LogP contribution is 2.43. The second-order valence-corrected chi connectivity index (χ2v) is 9.22. The van der Waals surface area contributed by atoms with Gasteiger partial charge in [0, 0.05) is 23.8 Å². The van der Waals surface area contributed by atoms with E-state index >= 15 is 0 Å². The van der Waals surface area contributed by atoms with Gasteiger partial charge in [-0.25, -0.2) is 0 Å². The van der Waals surface area contributed by atoms with Crippen molar-refractivity contribution in [2.24, 2.45) is 10.6 Å². The highest BCUT2D eigenvalue weighted by atomic mass is 35.5. The molecule has 0 aliphatic carbocycles. The van der Waals surface area contributed by atoms with Gasteiger partial charge in [0.2, 0.25) is 17.4 Å². The number of nitrogens with one attached hydrogen (secondary N) is 1. The summed E-state index contributed by atoms with van der Waals surface area (Å²) in [5.41, 5.74) is 3.94. The van der Waals surface area contributed by atoms with Crippen LogP contribution in [0.25, 0.3) is 0 Å². The summed E-state index contributed by atoms with van der Waals surface area (Å²) >= 11 is 13.4. The Morgan fingerprint density at radius 1 is 1.53 bits per heavy atom. The van der Waals surface area contributed by atoms with Crippen LogP contribution in [0.5, 0.6) is 0 Å². The van der Waals surface area contributed by atoms with Crippen LogP contribution >= 0.6 is 46.5 Å². The summed E-state index contributed by atoms with van der Waals surface area (Å²) in [5, 5.41) is 15.6. The van der Waals surface area contributed by atoms with Crippen molar-refractivity contribution in [2.45, 2.75) is 18.3 Å². The molecule has 2 amide bonds. The number of oxime groups is 1. The molecule has 1 aromatic rings. The Morgan fingerprint density at radius 3 is 2.83 bits per heavy atom. The number of halogens is 2. The number of hydrogen-bond acceptors (Lipinski definition) is 10. The molecule has 2 unspecified atom stereocenters. The molecule has 1 aromatic heterocycles. The highest BCUT2D eigenvalue weighted by Gasteiger charge is 2.57. The first-order valence-corrected chi connectivity index (χ1v) is 11.1. The van der Waals surface area contributed by atoms with E-state index in [9.17, 15) is 19.5 Å². The smallest absolute Gasteiger partial charge is 0.316 e. The van der Waals surface area contributed by atoms with Crippen molar-refractivity contribution in [3.05, 3.63) is 16.4 Å². The van der Waals surface area contributed by atoms with Crippen molar-refractivity contribution >= 4 is 75.1 Å². The molecule has 0 bridgehead atoms. The lowest BCUT2D eigenvalue weighted by Gasteiger charge is -2.53. The van der Waals surface area contributed by atoms with E-state index in [0.29, 0.717) is 0 Å². The summed E-state index contributed by atoms with van der Waals surface area (Å²) in [6.07, 6.45) is 1.21. The zero-order valence-corrected chi connectivity index (χ0v) is 18.5. The molecule has 3 atom stereocenters. The quantitative estimate of drug-likeness (QED) is 0.280. The fourth-order valence-electron chi connectivity index (χ4n) is 2.94. The van der Waals surface area contributed by atoms with E-state index in [-0.39, 0.29) is 40.1 Å². The van der Waals surface area contributed by atoms with E-state index in [1.807, 2.05) is 0 Å². The summed E-state index contributed by atoms with van der Waals surface area (Å²) in [7, 11) is 0. The second-order valence-electron chi connectivity index (χ2n) is 6.33. The van der Waals surface area contributed by atoms with Crippen molar-refractivity contribution in [3.8, 4) is 0 Å². The minimum absolute atomic E-state index is 0.0184. The molecule has 0 radical (unpaired) electrons. The zero-order chi connectivity index (χ0) is 22.1. The SMILES string of the molecule is CCON=C(C(=O)NC1C(=O)N2CC(C=C(Cl)Cl)(C(=O)O)CS[C@H]12)c1nsc(N)n1. The van der Waals surface area contributed by atoms with Gasteiger partial charge in [0.15, 0.2) is 5.13 Å². The van der Waals surface area contributed by atoms with Crippen LogP contribution in [0.1, 0.15) is 12.7 Å². The van der Waals surface area contributed by atoms with E-state index in [1.54, 1.807) is 6.92 Å². The number of anilines is 1. The molecule has 0 saturated carbocycles. The Hall–Kier alpha value is -2.09. The molecular formula is C15H16Cl2N6O5S2. The fraction of sp³-hybridized carbons (Fsp3) is 0.467. The monoisotopic (exact) mass is 494 g/mol. The molecule has 0 spiro atoms. The van der Waals surface area contributed by atoms with Crippen LogP contribution in [-0.2, 0) is 19.2 Å². The summed E-state index contributed by atoms with van der Waals surface area (Å²) in [4.78, 5) is 47.3. The third-order valence-electron chi connectivity index (χ3n) is 4.36. The highest BCUT2D eigenvalue weighted by molar-refractivity contribution is 8.00. The molecule has 30 heavy (non-hydrogen) atoms. The van der Waals surface area contributed by atoms with Crippen LogP contribution in [0.3, 0.4) is 0 Å². The van der Waals surface area contributed by atoms with Gasteiger partial charge >= 0.3 is 5.97 Å². The predicted molar refractivity (Wildman–Crippen MR) is 112 cm³/mol. The lowest BCUT2D eigenvalue weighted by atomic mass is 9.87. The van der Waals surface area contributed by atoms with E-state index in [0.717, 1.165) is 11.5 Å². The maximum Gasteiger partial charge on any atom is 0.316 e. The van der Waals surface area contributed by atoms with Crippen LogP contribution < -0.4 is 11.1 Å². The van der Waals surface area contributed by atoms with Crippen molar-refractivity contribution in [2.75, 3.05) is 24.6 Å². The number of rotatable bonds is 7. The van der Waals surface area contributed by atoms with Crippen LogP contribution in [-0.4, -0.2) is 73.2 Å². The topological polar surface area (TPSA) is 160 Å². The molecule has 2 fully saturated rings. The van der Waals surface area contributed by atoms with Crippen molar-refractivity contribution in [1.82, 2.24) is 19.6 Å². The average Bonchev–Trinajstić information content (AvgIpc) is 3.11. The molecule has 3 heterocycles. The molecule has 2 saturated heterocycles. The molecule has 15 heteroatoms. The molecule has 11 nitrogen and oxygen atoms in total. The third-order valence-corrected chi connectivity index (χ3v) is 6.67. The molecule has 2 aliphatic rings. The minimum Gasteiger partial charge on any atom is -0.481 e. The Morgan fingerprint density at radius 2 is 2.27 bits per heavy atom. The summed E-state index contributed by atoms with van der Waals surface area (Å²) in [6.45, 7) is 1.78. The maximum atomic E-state index is 12.7. The van der Waals surface area contributed by atoms with Gasteiger partial charge in [-0.2, -0.15) is 9.36 Å². The van der Waals surface area contributed by atoms with E-state index < -0.39 is 34.6 Å². The number of amides is 2. The molecular weight excluding hydrogens is 479 g/mol. The number of hydrogen-bond donors (Lipinski definition) is 3. The molecule has 2 aliphatic heterocycles. The number of thioether (sulfide) groups is 1. The minimum atomic E-state index is -1.41. The molecule has 4 N–H and O–H groups in total. The van der Waals surface area contributed by atoms with Crippen molar-refractivity contribution in [1.29, 1.82) is 0 Å². The van der Waals surface area contributed by atoms with Crippen LogP contribution in [0.2, 0.25) is 0 Å². The van der Waals surface area contributed by atoms with E-state index in [1.165, 1.54) is 22.7 Å². The number of β-lactam (4-membered cyclic amide) rings is 1. The number of nitrogens with two attached hydrogens (primary N) is 1. The normalized spacial score (nSPS) is 25.8. The number of nitrogens with zero attached hydrogens (tertiary/aromatic N) is 4. The predicted octanol–water partition coefficient (Wildman–Crippen LogP) is 0.651. The van der Waals surface area contributed by atoms with Gasteiger partial charge < -0.3 is 25.9 Å². The fourth-order valence-corrected chi connectivity index (χ4v) is 5.29. The summed E-state index contributed by atoms with van der Waals surface area (Å²) < 4.78 is 3.75. The Kier molecular flexibility index (Phi) is 6.75. The molecule has 0 aromatic carbocycles. The largest absolute Gasteiger partial charge is 0.481 e. The van der Waals surface area contributed by atoms with Crippen LogP contribution in [0.4, 0.5) is 5.13 Å². The maximum absolute atomic E-state index is 12.7. The van der Waals surface area contributed by atoms with Gasteiger partial charge in [0.1, 0.15) is 27.9 Å². The number of fused-ring (bicyclic) bond motifs is 1. The zero-order valence-electron chi connectivity index (χ0n) is 15.4. The van der Waals surface area contributed by atoms with Gasteiger partial charge in [0.25, 0.3) is 5.91 Å². The first-order valence-electron chi connectivity index (χ1n) is 8.48. The number of aliphatic carboxylic acids is 1. The van der Waals surface area contributed by atoms with Gasteiger partial charge in [-0.1, -0.05) is 28.4 Å². The number of carboxylic acids is 1. The lowest BCUT2D eigenvalue weighted by molar-refractivity contribution is -0.156. The van der Waals surface area contributed by atoms with Gasteiger partial charge in [-0.15, -0.1) is 11.8 Å². The Labute approximate surface area is 188 Å². The summed E-state index contributed by atoms with van der Waals surface area (Å²) in [5.74, 6) is -2.19. The average molecular weight is 495 g/mol.